The van der Waals surface area contributed by atoms with Crippen molar-refractivity contribution in [3.63, 3.8) is 0 Å². The Balaban J connectivity index is 0.000000781. The van der Waals surface area contributed by atoms with Crippen LogP contribution >= 0.6 is 0 Å². The van der Waals surface area contributed by atoms with Crippen molar-refractivity contribution < 1.29 is 49.5 Å². The molecule has 0 heterocycles. The molecule has 2 aliphatic rings. The van der Waals surface area contributed by atoms with E-state index in [2.05, 4.69) is 55.5 Å². The molecule has 0 radical (unpaired) electrons. The summed E-state index contributed by atoms with van der Waals surface area (Å²) in [5.41, 5.74) is 10.4. The van der Waals surface area contributed by atoms with Gasteiger partial charge in [-0.25, -0.2) is 0 Å². The molecule has 0 spiro atoms. The van der Waals surface area contributed by atoms with Crippen molar-refractivity contribution in [3.05, 3.63) is 59.2 Å². The molecule has 111 valence electrons. The summed E-state index contributed by atoms with van der Waals surface area (Å²) in [5, 5.41) is 2.81. The zero-order valence-corrected chi connectivity index (χ0v) is 16.6. The zero-order chi connectivity index (χ0) is 14.1. The molecular weight excluding hydrogens is 402 g/mol. The summed E-state index contributed by atoms with van der Waals surface area (Å²) in [4.78, 5) is 0. The van der Waals surface area contributed by atoms with Crippen LogP contribution in [0.15, 0.2) is 48.0 Å². The monoisotopic (exact) mass is 413 g/mol. The van der Waals surface area contributed by atoms with Crippen LogP contribution in [-0.4, -0.2) is 0 Å². The largest absolute Gasteiger partial charge is 1.00 e. The predicted octanol–water partition coefficient (Wildman–Crippen LogP) is -1.37. The van der Waals surface area contributed by atoms with E-state index in [0.29, 0.717) is 0 Å². The van der Waals surface area contributed by atoms with Crippen LogP contribution in [0.2, 0.25) is 0 Å². The summed E-state index contributed by atoms with van der Waals surface area (Å²) in [7, 11) is 0. The molecule has 0 N–H and O–H groups in total. The van der Waals surface area contributed by atoms with Gasteiger partial charge in [0.25, 0.3) is 0 Å². The second-order valence-electron chi connectivity index (χ2n) is 6.12. The first-order valence-electron chi connectivity index (χ1n) is 7.35. The molecule has 0 unspecified atom stereocenters. The molecule has 0 bridgehead atoms. The summed E-state index contributed by atoms with van der Waals surface area (Å²) in [6, 6.07) is 15.9. The van der Waals surface area contributed by atoms with E-state index >= 15 is 0 Å². The number of fused-ring (bicyclic) bond motifs is 5. The minimum atomic E-state index is 0. The molecule has 0 fully saturated rings. The second-order valence-corrected chi connectivity index (χ2v) is 7.44. The summed E-state index contributed by atoms with van der Waals surface area (Å²) in [5.74, 6) is 0. The third-order valence-corrected chi connectivity index (χ3v) is 5.80. The van der Waals surface area contributed by atoms with Gasteiger partial charge in [0, 0.05) is 0 Å². The Hall–Kier alpha value is -0.877. The normalized spacial score (nSPS) is 13.1. The van der Waals surface area contributed by atoms with E-state index < -0.39 is 0 Å². The topological polar surface area (TPSA) is 0 Å². The number of hydrogen-bond donors (Lipinski definition) is 0. The average Bonchev–Trinajstić information content (AvgIpc) is 3.01. The van der Waals surface area contributed by atoms with Crippen molar-refractivity contribution in [3.8, 4) is 22.3 Å². The third-order valence-electron chi connectivity index (χ3n) is 4.79. The van der Waals surface area contributed by atoms with Gasteiger partial charge in [0.05, 0.1) is 0 Å². The van der Waals surface area contributed by atoms with E-state index in [1.165, 1.54) is 72.2 Å². The van der Waals surface area contributed by atoms with Crippen molar-refractivity contribution in [1.82, 2.24) is 0 Å². The van der Waals surface area contributed by atoms with Gasteiger partial charge in [-0.1, -0.05) is 0 Å². The fourth-order valence-electron chi connectivity index (χ4n) is 3.97. The maximum Gasteiger partial charge on any atom is -1.00 e. The Kier molecular flexibility index (Phi) is 4.34. The van der Waals surface area contributed by atoms with Gasteiger partial charge >= 0.3 is 140 Å². The molecule has 0 amide bonds. The van der Waals surface area contributed by atoms with Gasteiger partial charge in [0.1, 0.15) is 0 Å². The van der Waals surface area contributed by atoms with Crippen molar-refractivity contribution in [2.24, 2.45) is 0 Å². The molecule has 0 atom stereocenters. The van der Waals surface area contributed by atoms with E-state index in [4.69, 9.17) is 0 Å². The zero-order valence-electron chi connectivity index (χ0n) is 12.6. The van der Waals surface area contributed by atoms with Gasteiger partial charge in [0.15, 0.2) is 0 Å². The van der Waals surface area contributed by atoms with E-state index in [-0.39, 0.29) is 24.8 Å². The van der Waals surface area contributed by atoms with E-state index in [1.54, 1.807) is 5.56 Å². The van der Waals surface area contributed by atoms with Crippen LogP contribution in [0.4, 0.5) is 0 Å². The van der Waals surface area contributed by atoms with E-state index in [9.17, 15) is 0 Å². The molecule has 3 heteroatoms. The Morgan fingerprint density at radius 2 is 1.61 bits per heavy atom. The minimum Gasteiger partial charge on any atom is -1.00 e. The molecule has 3 aromatic rings. The molecule has 0 saturated heterocycles. The summed E-state index contributed by atoms with van der Waals surface area (Å²) in [6.45, 7) is 2.25. The number of hydrogen-bond acceptors (Lipinski definition) is 0. The van der Waals surface area contributed by atoms with E-state index in [0.717, 1.165) is 6.42 Å². The molecule has 0 aliphatic heterocycles. The Labute approximate surface area is 163 Å². The van der Waals surface area contributed by atoms with Crippen LogP contribution in [0.3, 0.4) is 0 Å². The molecule has 0 nitrogen and oxygen atoms in total. The molecule has 5 rings (SSSR count). The molecular formula is C20H13Cl2Zr. The van der Waals surface area contributed by atoms with Crippen LogP contribution in [0.1, 0.15) is 18.1 Å². The fourth-order valence-corrected chi connectivity index (χ4v) is 4.88. The van der Waals surface area contributed by atoms with Gasteiger partial charge in [-0.15, -0.1) is 0 Å². The summed E-state index contributed by atoms with van der Waals surface area (Å²) >= 11 is 1.51. The molecule has 23 heavy (non-hydrogen) atoms. The van der Waals surface area contributed by atoms with Crippen molar-refractivity contribution >= 4 is 20.1 Å². The van der Waals surface area contributed by atoms with Crippen LogP contribution in [0.5, 0.6) is 0 Å². The van der Waals surface area contributed by atoms with Gasteiger partial charge in [-0.3, -0.25) is 0 Å². The molecule has 0 aromatic heterocycles. The summed E-state index contributed by atoms with van der Waals surface area (Å²) < 4.78 is 1.50. The predicted molar refractivity (Wildman–Crippen MR) is 85.4 cm³/mol. The Bertz CT molecular complexity index is 981. The fraction of sp³-hybridized carbons (Fsp3) is 0.100. The van der Waals surface area contributed by atoms with Crippen LogP contribution in [-0.2, 0) is 31.1 Å². The standard InChI is InChI=1S/C20H13.2ClH.Zr/c1-12-10-14-8-9-16-15-6-2-4-13-5-3-7-17(19(13)15)20(16)18(14)11-12;;;/h2-7,9-10H,11H2,1H3;2*1H;/q;;;+2/p-2. The third kappa shape index (κ3) is 2.21. The number of allylic oxidation sites excluding steroid dienone is 1. The quantitative estimate of drug-likeness (QED) is 0.333. The van der Waals surface area contributed by atoms with Crippen LogP contribution in [0.25, 0.3) is 39.1 Å². The van der Waals surface area contributed by atoms with Crippen molar-refractivity contribution in [2.75, 3.05) is 0 Å². The first-order chi connectivity index (χ1) is 10.2. The first kappa shape index (κ1) is 17.0. The van der Waals surface area contributed by atoms with Crippen molar-refractivity contribution in [1.29, 1.82) is 0 Å². The minimum absolute atomic E-state index is 0. The average molecular weight is 415 g/mol. The van der Waals surface area contributed by atoms with E-state index in [1.807, 2.05) is 0 Å². The SMILES string of the molecule is CC1=Cc2[c]([Zr+2])cc3c(c2C1)-c1cccc2cccc-3c12.[Cl-].[Cl-]. The number of halogens is 2. The second kappa shape index (κ2) is 5.89. The van der Waals surface area contributed by atoms with Crippen molar-refractivity contribution in [2.45, 2.75) is 13.3 Å². The molecule has 2 aliphatic carbocycles. The molecule has 3 aromatic carbocycles. The van der Waals surface area contributed by atoms with Gasteiger partial charge in [0.2, 0.25) is 0 Å². The van der Waals surface area contributed by atoms with Crippen LogP contribution < -0.4 is 28.1 Å². The van der Waals surface area contributed by atoms with Gasteiger partial charge in [-0.05, 0) is 0 Å². The maximum absolute atomic E-state index is 2.43. The van der Waals surface area contributed by atoms with Gasteiger partial charge < -0.3 is 24.8 Å². The molecule has 0 saturated carbocycles. The smallest absolute Gasteiger partial charge is 1.00 e. The first-order valence-corrected chi connectivity index (χ1v) is 8.58. The Morgan fingerprint density at radius 3 is 2.35 bits per heavy atom. The number of rotatable bonds is 0. The van der Waals surface area contributed by atoms with Crippen LogP contribution in [0, 0.1) is 0 Å². The summed E-state index contributed by atoms with van der Waals surface area (Å²) in [6.07, 6.45) is 3.51. The number of benzene rings is 3. The van der Waals surface area contributed by atoms with Gasteiger partial charge in [-0.2, -0.15) is 0 Å². The Morgan fingerprint density at radius 1 is 0.913 bits per heavy atom. The maximum atomic E-state index is 2.43.